The molecule has 0 spiro atoms. The third-order valence-electron chi connectivity index (χ3n) is 4.77. The van der Waals surface area contributed by atoms with Gasteiger partial charge in [-0.2, -0.15) is 9.97 Å². The van der Waals surface area contributed by atoms with Gasteiger partial charge in [-0.05, 0) is 0 Å². The average Bonchev–Trinajstić information content (AvgIpc) is 3.20. The molecule has 11 nitrogen and oxygen atoms in total. The topological polar surface area (TPSA) is 143 Å². The molecular formula is C18H26N6O5. The molecule has 11 heteroatoms. The van der Waals surface area contributed by atoms with Gasteiger partial charge in [0.25, 0.3) is 0 Å². The number of esters is 2. The van der Waals surface area contributed by atoms with Crippen molar-refractivity contribution < 1.29 is 23.8 Å². The van der Waals surface area contributed by atoms with Crippen molar-refractivity contribution in [3.05, 3.63) is 6.33 Å². The first kappa shape index (κ1) is 20.8. The molecule has 3 N–H and O–H groups in total. The van der Waals surface area contributed by atoms with Crippen molar-refractivity contribution in [1.82, 2.24) is 19.5 Å². The van der Waals surface area contributed by atoms with Gasteiger partial charge in [0.05, 0.1) is 12.2 Å². The Balaban J connectivity index is 1.95. The largest absolute Gasteiger partial charge is 0.463 e. The number of hydrogen-bond acceptors (Lipinski definition) is 10. The van der Waals surface area contributed by atoms with Gasteiger partial charge in [0.2, 0.25) is 5.95 Å². The molecule has 0 aliphatic carbocycles. The van der Waals surface area contributed by atoms with E-state index in [0.717, 1.165) is 0 Å². The second kappa shape index (κ2) is 8.19. The van der Waals surface area contributed by atoms with Crippen molar-refractivity contribution in [2.75, 3.05) is 24.7 Å². The maximum atomic E-state index is 12.2. The maximum Gasteiger partial charge on any atom is 0.308 e. The van der Waals surface area contributed by atoms with Gasteiger partial charge >= 0.3 is 11.9 Å². The molecule has 0 unspecified atom stereocenters. The highest BCUT2D eigenvalue weighted by Crippen LogP contribution is 2.38. The molecule has 4 atom stereocenters. The molecule has 0 radical (unpaired) electrons. The maximum absolute atomic E-state index is 12.2. The van der Waals surface area contributed by atoms with E-state index in [1.807, 2.05) is 6.92 Å². The summed E-state index contributed by atoms with van der Waals surface area (Å²) in [7, 11) is 1.71. The van der Waals surface area contributed by atoms with E-state index in [1.54, 1.807) is 31.8 Å². The van der Waals surface area contributed by atoms with E-state index >= 15 is 0 Å². The van der Waals surface area contributed by atoms with Gasteiger partial charge in [-0.25, -0.2) is 4.98 Å². The number of rotatable bonds is 6. The van der Waals surface area contributed by atoms with Crippen LogP contribution in [0.4, 0.5) is 11.8 Å². The van der Waals surface area contributed by atoms with Crippen molar-refractivity contribution in [1.29, 1.82) is 0 Å². The summed E-state index contributed by atoms with van der Waals surface area (Å²) in [6.07, 6.45) is -0.197. The minimum absolute atomic E-state index is 0.0300. The molecule has 0 amide bonds. The molecule has 2 aromatic heterocycles. The summed E-state index contributed by atoms with van der Waals surface area (Å²) in [5.74, 6) is -0.755. The first-order valence-corrected chi connectivity index (χ1v) is 9.40. The Hall–Kier alpha value is -2.95. The van der Waals surface area contributed by atoms with Gasteiger partial charge < -0.3 is 25.3 Å². The van der Waals surface area contributed by atoms with Gasteiger partial charge in [0.1, 0.15) is 25.0 Å². The molecular weight excluding hydrogens is 380 g/mol. The Morgan fingerprint density at radius 1 is 1.38 bits per heavy atom. The molecule has 0 saturated carbocycles. The number of nitrogens with two attached hydrogens (primary N) is 1. The van der Waals surface area contributed by atoms with Gasteiger partial charge in [0.15, 0.2) is 17.0 Å². The van der Waals surface area contributed by atoms with Crippen LogP contribution in [-0.2, 0) is 23.8 Å². The summed E-state index contributed by atoms with van der Waals surface area (Å²) in [5.41, 5.74) is 6.85. The third kappa shape index (κ3) is 4.09. The van der Waals surface area contributed by atoms with Crippen LogP contribution in [0.1, 0.15) is 33.9 Å². The van der Waals surface area contributed by atoms with E-state index in [2.05, 4.69) is 20.3 Å². The van der Waals surface area contributed by atoms with Crippen LogP contribution in [0.3, 0.4) is 0 Å². The van der Waals surface area contributed by atoms with Crippen molar-refractivity contribution in [2.24, 2.45) is 11.8 Å². The fourth-order valence-corrected chi connectivity index (χ4v) is 3.28. The summed E-state index contributed by atoms with van der Waals surface area (Å²) < 4.78 is 18.7. The summed E-state index contributed by atoms with van der Waals surface area (Å²) in [4.78, 5) is 36.3. The molecule has 0 bridgehead atoms. The number of ether oxygens (including phenoxy) is 3. The Kier molecular flexibility index (Phi) is 5.87. The predicted octanol–water partition coefficient (Wildman–Crippen LogP) is 1.11. The monoisotopic (exact) mass is 406 g/mol. The highest BCUT2D eigenvalue weighted by molar-refractivity contribution is 5.84. The van der Waals surface area contributed by atoms with E-state index in [4.69, 9.17) is 19.9 Å². The van der Waals surface area contributed by atoms with E-state index in [-0.39, 0.29) is 30.4 Å². The van der Waals surface area contributed by atoms with E-state index in [0.29, 0.717) is 17.0 Å². The fraction of sp³-hybridized carbons (Fsp3) is 0.611. The SMILES string of the molecule is CNc1nc(N)nc2c1ncn2[C@@H]1O[C@H](COC(C)=O)[C@@H](OC(=O)C(C)C)[C@@H]1C. The van der Waals surface area contributed by atoms with Crippen molar-refractivity contribution in [2.45, 2.75) is 46.1 Å². The number of imidazole rings is 1. The highest BCUT2D eigenvalue weighted by Gasteiger charge is 2.46. The summed E-state index contributed by atoms with van der Waals surface area (Å²) >= 11 is 0. The highest BCUT2D eigenvalue weighted by atomic mass is 16.6. The van der Waals surface area contributed by atoms with Gasteiger partial charge in [-0.1, -0.05) is 20.8 Å². The van der Waals surface area contributed by atoms with Crippen LogP contribution in [0.2, 0.25) is 0 Å². The third-order valence-corrected chi connectivity index (χ3v) is 4.77. The molecule has 158 valence electrons. The van der Waals surface area contributed by atoms with Gasteiger partial charge in [-0.15, -0.1) is 0 Å². The zero-order valence-corrected chi connectivity index (χ0v) is 17.1. The predicted molar refractivity (Wildman–Crippen MR) is 104 cm³/mol. The lowest BCUT2D eigenvalue weighted by molar-refractivity contribution is -0.161. The Bertz CT molecular complexity index is 914. The molecule has 29 heavy (non-hydrogen) atoms. The van der Waals surface area contributed by atoms with Crippen LogP contribution >= 0.6 is 0 Å². The number of nitrogens with one attached hydrogen (secondary N) is 1. The van der Waals surface area contributed by atoms with E-state index in [1.165, 1.54) is 6.92 Å². The number of hydrogen-bond donors (Lipinski definition) is 2. The minimum Gasteiger partial charge on any atom is -0.463 e. The number of anilines is 2. The Morgan fingerprint density at radius 2 is 2.10 bits per heavy atom. The number of carbonyl (C=O) groups is 2. The standard InChI is InChI=1S/C18H26N6O5/c1-8(2)17(26)29-13-9(3)16(28-11(13)6-27-10(4)25)24-7-21-12-14(20-5)22-18(19)23-15(12)24/h7-9,11,13,16H,6H2,1-5H3,(H3,19,20,22,23)/t9-,11+,13-,16+/m0/s1. The van der Waals surface area contributed by atoms with Crippen LogP contribution in [0.5, 0.6) is 0 Å². The van der Waals surface area contributed by atoms with Gasteiger partial charge in [-0.3, -0.25) is 14.2 Å². The van der Waals surface area contributed by atoms with Crippen molar-refractivity contribution in [3.8, 4) is 0 Å². The number of aromatic nitrogens is 4. The lowest BCUT2D eigenvalue weighted by Crippen LogP contribution is -2.36. The minimum atomic E-state index is -0.623. The van der Waals surface area contributed by atoms with E-state index < -0.39 is 24.4 Å². The molecule has 1 fully saturated rings. The van der Waals surface area contributed by atoms with Crippen LogP contribution in [0.15, 0.2) is 6.33 Å². The Morgan fingerprint density at radius 3 is 2.72 bits per heavy atom. The normalized spacial score (nSPS) is 24.1. The first-order chi connectivity index (χ1) is 13.7. The smallest absolute Gasteiger partial charge is 0.308 e. The molecule has 2 aromatic rings. The molecule has 1 aliphatic rings. The van der Waals surface area contributed by atoms with E-state index in [9.17, 15) is 9.59 Å². The van der Waals surface area contributed by atoms with Crippen LogP contribution in [-0.4, -0.2) is 57.3 Å². The summed E-state index contributed by atoms with van der Waals surface area (Å²) in [6.45, 7) is 6.69. The van der Waals surface area contributed by atoms with Crippen molar-refractivity contribution in [3.63, 3.8) is 0 Å². The molecule has 1 aliphatic heterocycles. The summed E-state index contributed by atoms with van der Waals surface area (Å²) in [5, 5.41) is 2.94. The molecule has 0 aromatic carbocycles. The second-order valence-corrected chi connectivity index (χ2v) is 7.29. The lowest BCUT2D eigenvalue weighted by atomic mass is 10.0. The van der Waals surface area contributed by atoms with Gasteiger partial charge in [0, 0.05) is 19.9 Å². The number of nitrogens with zero attached hydrogens (tertiary/aromatic N) is 4. The number of carbonyl (C=O) groups excluding carboxylic acids is 2. The molecule has 3 heterocycles. The van der Waals surface area contributed by atoms with Crippen LogP contribution < -0.4 is 11.1 Å². The second-order valence-electron chi connectivity index (χ2n) is 7.29. The number of nitrogen functional groups attached to an aromatic ring is 1. The Labute approximate surface area is 167 Å². The summed E-state index contributed by atoms with van der Waals surface area (Å²) in [6, 6.07) is 0. The average molecular weight is 406 g/mol. The van der Waals surface area contributed by atoms with Crippen molar-refractivity contribution >= 4 is 34.9 Å². The van der Waals surface area contributed by atoms with Crippen LogP contribution in [0.25, 0.3) is 11.2 Å². The zero-order chi connectivity index (χ0) is 21.3. The molecule has 1 saturated heterocycles. The first-order valence-electron chi connectivity index (χ1n) is 9.40. The quantitative estimate of drug-likeness (QED) is 0.669. The lowest BCUT2D eigenvalue weighted by Gasteiger charge is -2.22. The fourth-order valence-electron chi connectivity index (χ4n) is 3.28. The zero-order valence-electron chi connectivity index (χ0n) is 17.1. The van der Waals surface area contributed by atoms with Crippen LogP contribution in [0, 0.1) is 11.8 Å². The number of fused-ring (bicyclic) bond motifs is 1. The molecule has 3 rings (SSSR count).